The van der Waals surface area contributed by atoms with E-state index < -0.39 is 28.9 Å². The van der Waals surface area contributed by atoms with Gasteiger partial charge in [-0.1, -0.05) is 12.1 Å². The number of halogens is 3. The van der Waals surface area contributed by atoms with Crippen LogP contribution in [0.1, 0.15) is 24.2 Å². The summed E-state index contributed by atoms with van der Waals surface area (Å²) in [6.45, 7) is -0.0120. The van der Waals surface area contributed by atoms with Crippen molar-refractivity contribution in [1.82, 2.24) is 4.90 Å². The molecule has 0 aliphatic carbocycles. The Kier molecular flexibility index (Phi) is 5.83. The molecule has 2 amide bonds. The maximum Gasteiger partial charge on any atom is 0.416 e. The fraction of sp³-hybridized carbons (Fsp3) is 0.211. The zero-order chi connectivity index (χ0) is 21.2. The molecule has 1 aromatic heterocycles. The molecule has 3 rings (SSSR count). The lowest BCUT2D eigenvalue weighted by Gasteiger charge is -2.10. The first kappa shape index (κ1) is 20.7. The number of nitrogens with zero attached hydrogens (tertiary/aromatic N) is 1. The van der Waals surface area contributed by atoms with E-state index in [1.807, 2.05) is 0 Å². The highest BCUT2D eigenvalue weighted by molar-refractivity contribution is 8.18. The zero-order valence-corrected chi connectivity index (χ0v) is 15.5. The van der Waals surface area contributed by atoms with Crippen LogP contribution < -0.4 is 0 Å². The van der Waals surface area contributed by atoms with E-state index in [4.69, 9.17) is 9.52 Å². The van der Waals surface area contributed by atoms with Crippen molar-refractivity contribution in [1.29, 1.82) is 0 Å². The van der Waals surface area contributed by atoms with E-state index in [1.54, 1.807) is 0 Å². The van der Waals surface area contributed by atoms with Gasteiger partial charge in [0.15, 0.2) is 0 Å². The average molecular weight is 425 g/mol. The highest BCUT2D eigenvalue weighted by Gasteiger charge is 2.35. The number of hydrogen-bond acceptors (Lipinski definition) is 5. The molecular weight excluding hydrogens is 411 g/mol. The standard InChI is InChI=1S/C19H14F3NO5S/c20-19(21,22)12-4-1-3-11(9-12)14-7-6-13(28-14)10-15-17(26)23(18(27)29-15)8-2-5-16(24)25/h1,3-4,6-7,9-10H,2,5,8H2,(H,24,25). The predicted molar refractivity (Wildman–Crippen MR) is 98.7 cm³/mol. The number of furan rings is 1. The lowest BCUT2D eigenvalue weighted by Crippen LogP contribution is -2.29. The zero-order valence-electron chi connectivity index (χ0n) is 14.7. The summed E-state index contributed by atoms with van der Waals surface area (Å²) >= 11 is 0.689. The molecule has 1 N–H and O–H groups in total. The third kappa shape index (κ3) is 4.89. The van der Waals surface area contributed by atoms with Crippen molar-refractivity contribution in [2.75, 3.05) is 6.54 Å². The van der Waals surface area contributed by atoms with Crippen molar-refractivity contribution in [2.24, 2.45) is 0 Å². The molecule has 0 unspecified atom stereocenters. The van der Waals surface area contributed by atoms with Crippen LogP contribution in [0.2, 0.25) is 0 Å². The van der Waals surface area contributed by atoms with Crippen LogP contribution in [0.5, 0.6) is 0 Å². The normalized spacial score (nSPS) is 16.1. The van der Waals surface area contributed by atoms with E-state index in [2.05, 4.69) is 0 Å². The Labute approximate surface area is 167 Å². The Morgan fingerprint density at radius 1 is 1.21 bits per heavy atom. The number of alkyl halides is 3. The second-order valence-electron chi connectivity index (χ2n) is 6.11. The number of amides is 2. The summed E-state index contributed by atoms with van der Waals surface area (Å²) in [7, 11) is 0. The number of aliphatic carboxylic acids is 1. The third-order valence-corrected chi connectivity index (χ3v) is 4.93. The number of benzene rings is 1. The van der Waals surface area contributed by atoms with Crippen molar-refractivity contribution in [3.8, 4) is 11.3 Å². The Morgan fingerprint density at radius 2 is 1.97 bits per heavy atom. The van der Waals surface area contributed by atoms with Crippen molar-refractivity contribution < 1.29 is 37.1 Å². The minimum atomic E-state index is -4.48. The number of rotatable bonds is 6. The first-order valence-corrected chi connectivity index (χ1v) is 9.21. The first-order chi connectivity index (χ1) is 13.6. The number of carbonyl (C=O) groups excluding carboxylic acids is 2. The van der Waals surface area contributed by atoms with Crippen LogP contribution in [-0.2, 0) is 15.8 Å². The molecule has 152 valence electrons. The first-order valence-electron chi connectivity index (χ1n) is 8.40. The summed E-state index contributed by atoms with van der Waals surface area (Å²) in [6.07, 6.45) is -3.18. The maximum absolute atomic E-state index is 12.9. The molecule has 0 spiro atoms. The van der Waals surface area contributed by atoms with Gasteiger partial charge in [-0.2, -0.15) is 13.2 Å². The molecule has 2 aromatic rings. The van der Waals surface area contributed by atoms with Crippen molar-refractivity contribution in [2.45, 2.75) is 19.0 Å². The van der Waals surface area contributed by atoms with Gasteiger partial charge < -0.3 is 9.52 Å². The number of hydrogen-bond donors (Lipinski definition) is 1. The van der Waals surface area contributed by atoms with Gasteiger partial charge in [-0.15, -0.1) is 0 Å². The SMILES string of the molecule is O=C(O)CCCN1C(=O)SC(=Cc2ccc(-c3cccc(C(F)(F)F)c3)o2)C1=O. The van der Waals surface area contributed by atoms with Gasteiger partial charge in [0.05, 0.1) is 10.5 Å². The van der Waals surface area contributed by atoms with Crippen LogP contribution in [0.3, 0.4) is 0 Å². The topological polar surface area (TPSA) is 87.8 Å². The largest absolute Gasteiger partial charge is 0.481 e. The molecule has 1 aliphatic rings. The van der Waals surface area contributed by atoms with Crippen molar-refractivity contribution in [3.63, 3.8) is 0 Å². The Morgan fingerprint density at radius 3 is 2.66 bits per heavy atom. The van der Waals surface area contributed by atoms with Gasteiger partial charge in [0.1, 0.15) is 11.5 Å². The van der Waals surface area contributed by atoms with Gasteiger partial charge in [0, 0.05) is 24.6 Å². The molecule has 1 saturated heterocycles. The van der Waals surface area contributed by atoms with Crippen molar-refractivity contribution in [3.05, 3.63) is 52.6 Å². The highest BCUT2D eigenvalue weighted by Crippen LogP contribution is 2.35. The Hall–Kier alpha value is -3.01. The van der Waals surface area contributed by atoms with Gasteiger partial charge in [-0.3, -0.25) is 19.3 Å². The van der Waals surface area contributed by atoms with E-state index in [0.717, 1.165) is 17.0 Å². The number of imide groups is 1. The second kappa shape index (κ2) is 8.16. The number of carbonyl (C=O) groups is 3. The molecule has 0 bridgehead atoms. The molecule has 0 atom stereocenters. The van der Waals surface area contributed by atoms with Gasteiger partial charge in [-0.25, -0.2) is 0 Å². The summed E-state index contributed by atoms with van der Waals surface area (Å²) in [5.41, 5.74) is -0.586. The quantitative estimate of drug-likeness (QED) is 0.665. The third-order valence-electron chi connectivity index (χ3n) is 4.02. The maximum atomic E-state index is 12.9. The second-order valence-corrected chi connectivity index (χ2v) is 7.10. The van der Waals surface area contributed by atoms with E-state index in [0.29, 0.717) is 11.8 Å². The minimum Gasteiger partial charge on any atom is -0.481 e. The summed E-state index contributed by atoms with van der Waals surface area (Å²) in [4.78, 5) is 35.9. The minimum absolute atomic E-state index is 0.0120. The fourth-order valence-electron chi connectivity index (χ4n) is 2.64. The van der Waals surface area contributed by atoms with E-state index in [-0.39, 0.29) is 41.4 Å². The molecule has 10 heteroatoms. The smallest absolute Gasteiger partial charge is 0.416 e. The molecule has 1 aliphatic heterocycles. The number of thioether (sulfide) groups is 1. The molecular formula is C19H14F3NO5S. The molecule has 0 saturated carbocycles. The molecule has 1 fully saturated rings. The van der Waals surface area contributed by atoms with Crippen molar-refractivity contribution >= 4 is 35.0 Å². The van der Waals surface area contributed by atoms with E-state index in [9.17, 15) is 27.6 Å². The van der Waals surface area contributed by atoms with Crippen LogP contribution in [0, 0.1) is 0 Å². The van der Waals surface area contributed by atoms with E-state index in [1.165, 1.54) is 30.3 Å². The number of carboxylic acids is 1. The lowest BCUT2D eigenvalue weighted by atomic mass is 10.1. The Bertz CT molecular complexity index is 996. The van der Waals surface area contributed by atoms with Gasteiger partial charge in [-0.05, 0) is 42.4 Å². The van der Waals surface area contributed by atoms with Crippen LogP contribution >= 0.6 is 11.8 Å². The molecule has 29 heavy (non-hydrogen) atoms. The number of carboxylic acid groups (broad SMARTS) is 1. The van der Waals surface area contributed by atoms with Crippen LogP contribution in [0.15, 0.2) is 45.7 Å². The summed E-state index contributed by atoms with van der Waals surface area (Å²) in [6, 6.07) is 7.59. The van der Waals surface area contributed by atoms with E-state index >= 15 is 0 Å². The molecule has 1 aromatic carbocycles. The predicted octanol–water partition coefficient (Wildman–Crippen LogP) is 4.87. The monoisotopic (exact) mass is 425 g/mol. The summed E-state index contributed by atoms with van der Waals surface area (Å²) < 4.78 is 44.1. The van der Waals surface area contributed by atoms with Gasteiger partial charge in [0.2, 0.25) is 0 Å². The molecule has 0 radical (unpaired) electrons. The molecule has 2 heterocycles. The van der Waals surface area contributed by atoms with Crippen LogP contribution in [0.4, 0.5) is 18.0 Å². The fourth-order valence-corrected chi connectivity index (χ4v) is 3.49. The Balaban J connectivity index is 1.76. The van der Waals surface area contributed by atoms with Gasteiger partial charge in [0.25, 0.3) is 11.1 Å². The summed E-state index contributed by atoms with van der Waals surface area (Å²) in [5.74, 6) is -1.20. The lowest BCUT2D eigenvalue weighted by molar-refractivity contribution is -0.138. The average Bonchev–Trinajstić information content (AvgIpc) is 3.21. The highest BCUT2D eigenvalue weighted by atomic mass is 32.2. The van der Waals surface area contributed by atoms with Crippen LogP contribution in [0.25, 0.3) is 17.4 Å². The summed E-state index contributed by atoms with van der Waals surface area (Å²) in [5, 5.41) is 8.13. The van der Waals surface area contributed by atoms with Gasteiger partial charge >= 0.3 is 12.1 Å². The van der Waals surface area contributed by atoms with Crippen LogP contribution in [-0.4, -0.2) is 33.7 Å². The molecule has 6 nitrogen and oxygen atoms in total.